The Morgan fingerprint density at radius 3 is 2.78 bits per heavy atom. The van der Waals surface area contributed by atoms with Crippen LogP contribution in [0, 0.1) is 30.1 Å². The molecule has 2 rings (SSSR count). The molecule has 0 amide bonds. The summed E-state index contributed by atoms with van der Waals surface area (Å²) in [4.78, 5) is 0. The van der Waals surface area contributed by atoms with Crippen molar-refractivity contribution in [2.24, 2.45) is 11.8 Å². The monoisotopic (exact) mass is 242 g/mol. The molecule has 1 fully saturated rings. The van der Waals surface area contributed by atoms with Crippen molar-refractivity contribution in [3.05, 3.63) is 29.3 Å². The molecule has 18 heavy (non-hydrogen) atoms. The van der Waals surface area contributed by atoms with E-state index in [-0.39, 0.29) is 0 Å². The lowest BCUT2D eigenvalue weighted by Crippen LogP contribution is -2.35. The van der Waals surface area contributed by atoms with Crippen molar-refractivity contribution >= 4 is 5.69 Å². The Hall–Kier alpha value is -1.49. The highest BCUT2D eigenvalue weighted by atomic mass is 14.9. The maximum atomic E-state index is 9.17. The molecule has 1 aliphatic rings. The van der Waals surface area contributed by atoms with Gasteiger partial charge in [-0.25, -0.2) is 0 Å². The molecular weight excluding hydrogens is 220 g/mol. The summed E-state index contributed by atoms with van der Waals surface area (Å²) in [6, 6.07) is 8.77. The minimum Gasteiger partial charge on any atom is -0.381 e. The highest BCUT2D eigenvalue weighted by Crippen LogP contribution is 2.32. The van der Waals surface area contributed by atoms with Crippen LogP contribution in [-0.4, -0.2) is 6.04 Å². The molecule has 0 heterocycles. The summed E-state index contributed by atoms with van der Waals surface area (Å²) in [6.07, 6.45) is 3.83. The average molecular weight is 242 g/mol. The van der Waals surface area contributed by atoms with Crippen LogP contribution in [0.1, 0.15) is 44.2 Å². The minimum absolute atomic E-state index is 0.502. The van der Waals surface area contributed by atoms with Crippen LogP contribution in [-0.2, 0) is 0 Å². The number of aryl methyl sites for hydroxylation is 1. The fourth-order valence-corrected chi connectivity index (χ4v) is 2.86. The van der Waals surface area contributed by atoms with Crippen molar-refractivity contribution < 1.29 is 0 Å². The zero-order valence-electron chi connectivity index (χ0n) is 11.5. The average Bonchev–Trinajstić information content (AvgIpc) is 2.35. The summed E-state index contributed by atoms with van der Waals surface area (Å²) in [5.41, 5.74) is 2.96. The van der Waals surface area contributed by atoms with Gasteiger partial charge in [-0.15, -0.1) is 0 Å². The highest BCUT2D eigenvalue weighted by molar-refractivity contribution is 5.59. The first kappa shape index (κ1) is 13.0. The lowest BCUT2D eigenvalue weighted by molar-refractivity contribution is 0.253. The SMILES string of the molecule is Cc1ccc(C#N)c(NC2CCCC(C)C2C)c1. The topological polar surface area (TPSA) is 35.8 Å². The van der Waals surface area contributed by atoms with Gasteiger partial charge in [0, 0.05) is 6.04 Å². The number of nitrogens with one attached hydrogen (secondary N) is 1. The predicted octanol–water partition coefficient (Wildman–Crippen LogP) is 4.10. The number of hydrogen-bond acceptors (Lipinski definition) is 2. The largest absolute Gasteiger partial charge is 0.381 e. The minimum atomic E-state index is 0.502. The van der Waals surface area contributed by atoms with Crippen LogP contribution in [0.15, 0.2) is 18.2 Å². The van der Waals surface area contributed by atoms with Gasteiger partial charge in [-0.2, -0.15) is 5.26 Å². The molecule has 1 N–H and O–H groups in total. The molecule has 3 unspecified atom stereocenters. The van der Waals surface area contributed by atoms with Crippen molar-refractivity contribution in [3.63, 3.8) is 0 Å². The molecule has 96 valence electrons. The van der Waals surface area contributed by atoms with Crippen LogP contribution in [0.4, 0.5) is 5.69 Å². The quantitative estimate of drug-likeness (QED) is 0.847. The van der Waals surface area contributed by atoms with E-state index in [9.17, 15) is 0 Å². The van der Waals surface area contributed by atoms with Gasteiger partial charge in [0.1, 0.15) is 6.07 Å². The van der Waals surface area contributed by atoms with Crippen molar-refractivity contribution in [2.75, 3.05) is 5.32 Å². The number of benzene rings is 1. The second-order valence-electron chi connectivity index (χ2n) is 5.68. The second-order valence-corrected chi connectivity index (χ2v) is 5.68. The summed E-state index contributed by atoms with van der Waals surface area (Å²) in [5.74, 6) is 1.44. The van der Waals surface area contributed by atoms with E-state index >= 15 is 0 Å². The Labute approximate surface area is 110 Å². The number of anilines is 1. The highest BCUT2D eigenvalue weighted by Gasteiger charge is 2.27. The van der Waals surface area contributed by atoms with E-state index in [0.29, 0.717) is 12.0 Å². The van der Waals surface area contributed by atoms with Crippen LogP contribution in [0.5, 0.6) is 0 Å². The molecule has 3 atom stereocenters. The molecule has 1 saturated carbocycles. The standard InChI is InChI=1S/C16H22N2/c1-11-7-8-14(10-17)16(9-11)18-15-6-4-5-12(2)13(15)3/h7-9,12-13,15,18H,4-6H2,1-3H3. The van der Waals surface area contributed by atoms with Gasteiger partial charge in [-0.3, -0.25) is 0 Å². The molecular formula is C16H22N2. The molecule has 0 spiro atoms. The molecule has 0 aromatic heterocycles. The fraction of sp³-hybridized carbons (Fsp3) is 0.562. The Morgan fingerprint density at radius 2 is 2.06 bits per heavy atom. The summed E-state index contributed by atoms with van der Waals surface area (Å²) in [6.45, 7) is 6.72. The summed E-state index contributed by atoms with van der Waals surface area (Å²) < 4.78 is 0. The Morgan fingerprint density at radius 1 is 1.28 bits per heavy atom. The first-order chi connectivity index (χ1) is 8.61. The normalized spacial score (nSPS) is 27.6. The van der Waals surface area contributed by atoms with Crippen molar-refractivity contribution in [2.45, 2.75) is 46.1 Å². The van der Waals surface area contributed by atoms with Crippen molar-refractivity contribution in [3.8, 4) is 6.07 Å². The van der Waals surface area contributed by atoms with Crippen LogP contribution in [0.2, 0.25) is 0 Å². The van der Waals surface area contributed by atoms with Crippen LogP contribution >= 0.6 is 0 Å². The van der Waals surface area contributed by atoms with Gasteiger partial charge in [0.2, 0.25) is 0 Å². The number of nitrogens with zero attached hydrogens (tertiary/aromatic N) is 1. The molecule has 2 nitrogen and oxygen atoms in total. The third kappa shape index (κ3) is 2.67. The molecule has 1 aromatic carbocycles. The molecule has 0 bridgehead atoms. The first-order valence-corrected chi connectivity index (χ1v) is 6.89. The number of hydrogen-bond donors (Lipinski definition) is 1. The van der Waals surface area contributed by atoms with Gasteiger partial charge in [0.25, 0.3) is 0 Å². The van der Waals surface area contributed by atoms with E-state index in [1.165, 1.54) is 24.8 Å². The molecule has 1 aromatic rings. The van der Waals surface area contributed by atoms with Gasteiger partial charge in [0.15, 0.2) is 0 Å². The number of rotatable bonds is 2. The van der Waals surface area contributed by atoms with E-state index in [2.05, 4.69) is 38.2 Å². The Bertz CT molecular complexity index is 459. The zero-order chi connectivity index (χ0) is 13.1. The van der Waals surface area contributed by atoms with Gasteiger partial charge in [0.05, 0.1) is 11.3 Å². The Balaban J connectivity index is 2.18. The van der Waals surface area contributed by atoms with Gasteiger partial charge in [-0.1, -0.05) is 32.8 Å². The third-order valence-electron chi connectivity index (χ3n) is 4.34. The first-order valence-electron chi connectivity index (χ1n) is 6.89. The molecule has 0 aliphatic heterocycles. The van der Waals surface area contributed by atoms with E-state index in [4.69, 9.17) is 5.26 Å². The van der Waals surface area contributed by atoms with E-state index in [0.717, 1.165) is 17.2 Å². The zero-order valence-corrected chi connectivity index (χ0v) is 11.5. The van der Waals surface area contributed by atoms with Gasteiger partial charge in [-0.05, 0) is 42.9 Å². The maximum absolute atomic E-state index is 9.17. The lowest BCUT2D eigenvalue weighted by Gasteiger charge is -2.35. The van der Waals surface area contributed by atoms with Gasteiger partial charge >= 0.3 is 0 Å². The second kappa shape index (κ2) is 5.44. The summed E-state index contributed by atoms with van der Waals surface area (Å²) >= 11 is 0. The van der Waals surface area contributed by atoms with Gasteiger partial charge < -0.3 is 5.32 Å². The fourth-order valence-electron chi connectivity index (χ4n) is 2.86. The number of nitriles is 1. The third-order valence-corrected chi connectivity index (χ3v) is 4.34. The van der Waals surface area contributed by atoms with E-state index in [1.807, 2.05) is 12.1 Å². The van der Waals surface area contributed by atoms with Crippen LogP contribution < -0.4 is 5.32 Å². The van der Waals surface area contributed by atoms with Crippen LogP contribution in [0.25, 0.3) is 0 Å². The van der Waals surface area contributed by atoms with E-state index < -0.39 is 0 Å². The molecule has 0 radical (unpaired) electrons. The van der Waals surface area contributed by atoms with E-state index in [1.54, 1.807) is 0 Å². The molecule has 1 aliphatic carbocycles. The molecule has 2 heteroatoms. The summed E-state index contributed by atoms with van der Waals surface area (Å²) in [5, 5.41) is 12.8. The smallest absolute Gasteiger partial charge is 0.101 e. The van der Waals surface area contributed by atoms with Crippen molar-refractivity contribution in [1.82, 2.24) is 0 Å². The Kier molecular flexibility index (Phi) is 3.91. The van der Waals surface area contributed by atoms with Crippen molar-refractivity contribution in [1.29, 1.82) is 5.26 Å². The predicted molar refractivity (Wildman–Crippen MR) is 75.5 cm³/mol. The maximum Gasteiger partial charge on any atom is 0.101 e. The summed E-state index contributed by atoms with van der Waals surface area (Å²) in [7, 11) is 0. The molecule has 0 saturated heterocycles. The lowest BCUT2D eigenvalue weighted by atomic mass is 9.78. The van der Waals surface area contributed by atoms with Crippen LogP contribution in [0.3, 0.4) is 0 Å².